The Bertz CT molecular complexity index is 1420. The maximum atomic E-state index is 13.0. The molecule has 1 N–H and O–H groups in total. The minimum atomic E-state index is -0.304. The Hall–Kier alpha value is -3.55. The zero-order chi connectivity index (χ0) is 25.9. The molecule has 4 heterocycles. The molecule has 37 heavy (non-hydrogen) atoms. The van der Waals surface area contributed by atoms with Gasteiger partial charge in [0.05, 0.1) is 0 Å². The summed E-state index contributed by atoms with van der Waals surface area (Å²) in [7, 11) is 4.17. The topological polar surface area (TPSA) is 112 Å². The molecule has 3 aromatic heterocycles. The first-order valence-electron chi connectivity index (χ1n) is 13.1. The fourth-order valence-electron chi connectivity index (χ4n) is 5.52. The first-order chi connectivity index (χ1) is 17.9. The lowest BCUT2D eigenvalue weighted by Crippen LogP contribution is -2.40. The van der Waals surface area contributed by atoms with Gasteiger partial charge in [0, 0.05) is 67.8 Å². The van der Waals surface area contributed by atoms with Crippen molar-refractivity contribution in [1.82, 2.24) is 28.9 Å². The lowest BCUT2D eigenvalue weighted by Gasteiger charge is -2.33. The number of anilines is 2. The zero-order valence-corrected chi connectivity index (χ0v) is 21.6. The van der Waals surface area contributed by atoms with E-state index in [0.29, 0.717) is 22.7 Å². The summed E-state index contributed by atoms with van der Waals surface area (Å²) < 4.78 is 3.49. The van der Waals surface area contributed by atoms with E-state index in [0.717, 1.165) is 64.7 Å². The number of nitriles is 1. The number of likely N-dealkylation sites (tertiary alicyclic amines) is 1. The van der Waals surface area contributed by atoms with Crippen LogP contribution in [0.25, 0.3) is 11.0 Å². The van der Waals surface area contributed by atoms with Gasteiger partial charge in [-0.05, 0) is 51.9 Å². The molecule has 2 fully saturated rings. The largest absolute Gasteiger partial charge is 0.324 e. The number of nitrogens with zero attached hydrogens (tertiary/aromatic N) is 7. The quantitative estimate of drug-likeness (QED) is 0.525. The number of likely N-dealkylation sites (N-methyl/N-ethyl adjacent to an activating group) is 1. The molecule has 0 unspecified atom stereocenters. The molecule has 0 radical (unpaired) electrons. The third-order valence-electron chi connectivity index (χ3n) is 7.60. The third kappa shape index (κ3) is 5.43. The standard InChI is InChI=1S/C27H34N8O2/c1-32(2)13-14-33-10-8-22(9-11-33)34-12-7-21(16-24(34)36)30-27-29-18-20-15-19(17-28)26(37)35(25(20)31-27)23-5-3-4-6-23/h7,12,15-16,18,22-23H,3-6,8-11,13-14H2,1-2H3,(H,29,30,31). The summed E-state index contributed by atoms with van der Waals surface area (Å²) in [6.45, 7) is 4.08. The lowest BCUT2D eigenvalue weighted by atomic mass is 10.0. The summed E-state index contributed by atoms with van der Waals surface area (Å²) in [5, 5.41) is 13.2. The molecule has 10 nitrogen and oxygen atoms in total. The Balaban J connectivity index is 1.34. The van der Waals surface area contributed by atoms with Gasteiger partial charge in [0.25, 0.3) is 11.1 Å². The Kier molecular flexibility index (Phi) is 7.35. The zero-order valence-electron chi connectivity index (χ0n) is 21.6. The van der Waals surface area contributed by atoms with Crippen molar-refractivity contribution in [2.24, 2.45) is 0 Å². The molecule has 0 atom stereocenters. The number of nitrogens with one attached hydrogen (secondary N) is 1. The van der Waals surface area contributed by atoms with E-state index < -0.39 is 0 Å². The number of hydrogen-bond donors (Lipinski definition) is 1. The van der Waals surface area contributed by atoms with Crippen LogP contribution in [0.1, 0.15) is 56.2 Å². The number of rotatable bonds is 7. The van der Waals surface area contributed by atoms with Gasteiger partial charge in [-0.1, -0.05) is 12.8 Å². The smallest absolute Gasteiger partial charge is 0.270 e. The van der Waals surface area contributed by atoms with Crippen molar-refractivity contribution in [3.63, 3.8) is 0 Å². The van der Waals surface area contributed by atoms with Gasteiger partial charge in [0.2, 0.25) is 5.95 Å². The van der Waals surface area contributed by atoms with Crippen molar-refractivity contribution >= 4 is 22.7 Å². The van der Waals surface area contributed by atoms with E-state index >= 15 is 0 Å². The van der Waals surface area contributed by atoms with Gasteiger partial charge in [-0.25, -0.2) is 4.98 Å². The summed E-state index contributed by atoms with van der Waals surface area (Å²) in [6, 6.07) is 7.25. The number of piperidine rings is 1. The van der Waals surface area contributed by atoms with E-state index in [1.165, 1.54) is 0 Å². The highest BCUT2D eigenvalue weighted by Crippen LogP contribution is 2.31. The molecule has 1 saturated heterocycles. The predicted molar refractivity (Wildman–Crippen MR) is 143 cm³/mol. The van der Waals surface area contributed by atoms with Crippen LogP contribution in [0.3, 0.4) is 0 Å². The summed E-state index contributed by atoms with van der Waals surface area (Å²) in [5.74, 6) is 0.315. The third-order valence-corrected chi connectivity index (χ3v) is 7.60. The molecule has 5 rings (SSSR count). The van der Waals surface area contributed by atoms with E-state index in [9.17, 15) is 14.9 Å². The minimum absolute atomic E-state index is 0.0317. The van der Waals surface area contributed by atoms with Crippen LogP contribution in [-0.2, 0) is 0 Å². The first-order valence-corrected chi connectivity index (χ1v) is 13.1. The number of aromatic nitrogens is 4. The normalized spacial score (nSPS) is 17.5. The van der Waals surface area contributed by atoms with Crippen molar-refractivity contribution < 1.29 is 0 Å². The van der Waals surface area contributed by atoms with E-state index in [1.54, 1.807) is 22.9 Å². The molecule has 3 aromatic rings. The van der Waals surface area contributed by atoms with Crippen molar-refractivity contribution in [2.75, 3.05) is 45.6 Å². The molecule has 0 aromatic carbocycles. The average molecular weight is 503 g/mol. The molecule has 1 aliphatic heterocycles. The van der Waals surface area contributed by atoms with Crippen LogP contribution >= 0.6 is 0 Å². The molecule has 194 valence electrons. The van der Waals surface area contributed by atoms with Crippen molar-refractivity contribution in [3.8, 4) is 6.07 Å². The number of hydrogen-bond acceptors (Lipinski definition) is 8. The summed E-state index contributed by atoms with van der Waals surface area (Å²) in [6.07, 6.45) is 9.27. The first kappa shape index (κ1) is 25.1. The van der Waals surface area contributed by atoms with Gasteiger partial charge in [0.15, 0.2) is 0 Å². The highest BCUT2D eigenvalue weighted by molar-refractivity contribution is 5.77. The van der Waals surface area contributed by atoms with E-state index in [2.05, 4.69) is 39.2 Å². The Morgan fingerprint density at radius 3 is 2.54 bits per heavy atom. The van der Waals surface area contributed by atoms with Crippen LogP contribution in [0.15, 0.2) is 40.2 Å². The Morgan fingerprint density at radius 2 is 1.86 bits per heavy atom. The van der Waals surface area contributed by atoms with Crippen LogP contribution in [0, 0.1) is 11.3 Å². The highest BCUT2D eigenvalue weighted by Gasteiger charge is 2.23. The predicted octanol–water partition coefficient (Wildman–Crippen LogP) is 2.88. The van der Waals surface area contributed by atoms with Gasteiger partial charge in [-0.2, -0.15) is 10.2 Å². The maximum absolute atomic E-state index is 13.0. The second kappa shape index (κ2) is 10.8. The van der Waals surface area contributed by atoms with Gasteiger partial charge in [-0.3, -0.25) is 14.2 Å². The Morgan fingerprint density at radius 1 is 1.11 bits per heavy atom. The molecule has 1 saturated carbocycles. The van der Waals surface area contributed by atoms with Crippen LogP contribution < -0.4 is 16.4 Å². The molecule has 2 aliphatic rings. The summed E-state index contributed by atoms with van der Waals surface area (Å²) >= 11 is 0. The van der Waals surface area contributed by atoms with Crippen molar-refractivity contribution in [1.29, 1.82) is 5.26 Å². The van der Waals surface area contributed by atoms with Crippen LogP contribution in [-0.4, -0.2) is 69.2 Å². The van der Waals surface area contributed by atoms with Crippen molar-refractivity contribution in [3.05, 3.63) is 56.9 Å². The fourth-order valence-corrected chi connectivity index (χ4v) is 5.52. The van der Waals surface area contributed by atoms with Gasteiger partial charge < -0.3 is 19.7 Å². The second-order valence-electron chi connectivity index (χ2n) is 10.4. The fraction of sp³-hybridized carbons (Fsp3) is 0.519. The van der Waals surface area contributed by atoms with Crippen LogP contribution in [0.2, 0.25) is 0 Å². The summed E-state index contributed by atoms with van der Waals surface area (Å²) in [4.78, 5) is 39.7. The van der Waals surface area contributed by atoms with Crippen molar-refractivity contribution in [2.45, 2.75) is 50.6 Å². The molecule has 0 amide bonds. The number of pyridine rings is 2. The number of fused-ring (bicyclic) bond motifs is 1. The lowest BCUT2D eigenvalue weighted by molar-refractivity contribution is 0.171. The van der Waals surface area contributed by atoms with Gasteiger partial charge in [-0.15, -0.1) is 0 Å². The van der Waals surface area contributed by atoms with E-state index in [1.807, 2.05) is 22.9 Å². The maximum Gasteiger partial charge on any atom is 0.270 e. The molecule has 0 spiro atoms. The van der Waals surface area contributed by atoms with E-state index in [-0.39, 0.29) is 28.8 Å². The SMILES string of the molecule is CN(C)CCN1CCC(n2ccc(Nc3ncc4cc(C#N)c(=O)n(C5CCCC5)c4n3)cc2=O)CC1. The monoisotopic (exact) mass is 502 g/mol. The highest BCUT2D eigenvalue weighted by atomic mass is 16.1. The second-order valence-corrected chi connectivity index (χ2v) is 10.4. The molecule has 0 bridgehead atoms. The van der Waals surface area contributed by atoms with Gasteiger partial charge >= 0.3 is 0 Å². The Labute approximate surface area is 216 Å². The van der Waals surface area contributed by atoms with Crippen LogP contribution in [0.5, 0.6) is 0 Å². The minimum Gasteiger partial charge on any atom is -0.324 e. The molecule has 10 heteroatoms. The average Bonchev–Trinajstić information content (AvgIpc) is 3.42. The molecule has 1 aliphatic carbocycles. The molecular weight excluding hydrogens is 468 g/mol. The molecular formula is C27H34N8O2. The van der Waals surface area contributed by atoms with Crippen LogP contribution in [0.4, 0.5) is 11.6 Å². The van der Waals surface area contributed by atoms with E-state index in [4.69, 9.17) is 0 Å². The summed E-state index contributed by atoms with van der Waals surface area (Å²) in [5.41, 5.74) is 0.868. The van der Waals surface area contributed by atoms with Gasteiger partial charge in [0.1, 0.15) is 17.3 Å².